The first kappa shape index (κ1) is 16.9. The van der Waals surface area contributed by atoms with Gasteiger partial charge in [-0.15, -0.1) is 0 Å². The Bertz CT molecular complexity index is 706. The van der Waals surface area contributed by atoms with Gasteiger partial charge in [0.15, 0.2) is 5.82 Å². The van der Waals surface area contributed by atoms with Crippen molar-refractivity contribution in [3.05, 3.63) is 46.6 Å². The number of halogens is 1. The number of ether oxygens (including phenoxy) is 1. The Labute approximate surface area is 144 Å². The van der Waals surface area contributed by atoms with Gasteiger partial charge in [-0.3, -0.25) is 9.69 Å². The van der Waals surface area contributed by atoms with E-state index in [1.165, 1.54) is 0 Å². The molecule has 0 radical (unpaired) electrons. The highest BCUT2D eigenvalue weighted by atomic mass is 35.5. The van der Waals surface area contributed by atoms with Gasteiger partial charge in [-0.05, 0) is 11.6 Å². The lowest BCUT2D eigenvalue weighted by molar-refractivity contribution is -0.129. The maximum absolute atomic E-state index is 12.4. The summed E-state index contributed by atoms with van der Waals surface area (Å²) in [5.74, 6) is 1.00. The number of benzene rings is 1. The average Bonchev–Trinajstić information content (AvgIpc) is 3.02. The Balaban J connectivity index is 1.78. The standard InChI is InChI=1S/C16H19ClN4O3/c1-23-9-6-13-19-14(24-20-13)10-21-8-7-18-16(22)15(21)11-4-2-3-5-12(11)17/h2-5,15H,6-10H2,1H3,(H,18,22). The Morgan fingerprint density at radius 1 is 1.46 bits per heavy atom. The predicted molar refractivity (Wildman–Crippen MR) is 87.5 cm³/mol. The number of carbonyl (C=O) groups excluding carboxylic acids is 1. The highest BCUT2D eigenvalue weighted by Gasteiger charge is 2.33. The first-order valence-electron chi connectivity index (χ1n) is 7.75. The van der Waals surface area contributed by atoms with E-state index >= 15 is 0 Å². The van der Waals surface area contributed by atoms with E-state index in [-0.39, 0.29) is 5.91 Å². The fourth-order valence-corrected chi connectivity index (χ4v) is 2.98. The number of methoxy groups -OCH3 is 1. The van der Waals surface area contributed by atoms with Gasteiger partial charge in [0.1, 0.15) is 6.04 Å². The van der Waals surface area contributed by atoms with E-state index in [1.807, 2.05) is 23.1 Å². The summed E-state index contributed by atoms with van der Waals surface area (Å²) in [6.45, 7) is 2.18. The summed E-state index contributed by atoms with van der Waals surface area (Å²) >= 11 is 6.28. The van der Waals surface area contributed by atoms with Gasteiger partial charge in [0.25, 0.3) is 0 Å². The first-order chi connectivity index (χ1) is 11.7. The summed E-state index contributed by atoms with van der Waals surface area (Å²) in [4.78, 5) is 18.7. The smallest absolute Gasteiger partial charge is 0.242 e. The van der Waals surface area contributed by atoms with Crippen LogP contribution in [0.5, 0.6) is 0 Å². The van der Waals surface area contributed by atoms with E-state index in [4.69, 9.17) is 20.9 Å². The van der Waals surface area contributed by atoms with Crippen LogP contribution in [0, 0.1) is 0 Å². The van der Waals surface area contributed by atoms with Crippen LogP contribution in [0.15, 0.2) is 28.8 Å². The van der Waals surface area contributed by atoms with Crippen molar-refractivity contribution in [2.75, 3.05) is 26.8 Å². The van der Waals surface area contributed by atoms with Crippen LogP contribution in [0.3, 0.4) is 0 Å². The molecule has 2 aromatic rings. The molecule has 1 aromatic carbocycles. The second-order valence-corrected chi connectivity index (χ2v) is 5.94. The molecule has 7 nitrogen and oxygen atoms in total. The van der Waals surface area contributed by atoms with Crippen LogP contribution in [0.25, 0.3) is 0 Å². The maximum Gasteiger partial charge on any atom is 0.242 e. The molecule has 3 rings (SSSR count). The first-order valence-corrected chi connectivity index (χ1v) is 8.13. The van der Waals surface area contributed by atoms with E-state index in [1.54, 1.807) is 13.2 Å². The van der Waals surface area contributed by atoms with Gasteiger partial charge in [-0.25, -0.2) is 0 Å². The Kier molecular flexibility index (Phi) is 5.44. The lowest BCUT2D eigenvalue weighted by Gasteiger charge is -2.34. The molecule has 24 heavy (non-hydrogen) atoms. The van der Waals surface area contributed by atoms with E-state index in [2.05, 4.69) is 15.5 Å². The van der Waals surface area contributed by atoms with Crippen molar-refractivity contribution in [3.63, 3.8) is 0 Å². The number of piperazine rings is 1. The monoisotopic (exact) mass is 350 g/mol. The molecule has 1 aliphatic heterocycles. The second kappa shape index (κ2) is 7.74. The van der Waals surface area contributed by atoms with Crippen LogP contribution in [0.2, 0.25) is 5.02 Å². The minimum Gasteiger partial charge on any atom is -0.384 e. The average molecular weight is 351 g/mol. The topological polar surface area (TPSA) is 80.5 Å². The predicted octanol–water partition coefficient (Wildman–Crippen LogP) is 1.58. The zero-order valence-corrected chi connectivity index (χ0v) is 14.1. The van der Waals surface area contributed by atoms with Gasteiger partial charge >= 0.3 is 0 Å². The number of rotatable bonds is 6. The van der Waals surface area contributed by atoms with Crippen molar-refractivity contribution in [1.82, 2.24) is 20.4 Å². The van der Waals surface area contributed by atoms with Crippen molar-refractivity contribution in [2.24, 2.45) is 0 Å². The molecule has 1 N–H and O–H groups in total. The maximum atomic E-state index is 12.4. The number of carbonyl (C=O) groups is 1. The van der Waals surface area contributed by atoms with Crippen molar-refractivity contribution >= 4 is 17.5 Å². The quantitative estimate of drug-likeness (QED) is 0.852. The van der Waals surface area contributed by atoms with Crippen molar-refractivity contribution in [1.29, 1.82) is 0 Å². The summed E-state index contributed by atoms with van der Waals surface area (Å²) < 4.78 is 10.3. The van der Waals surface area contributed by atoms with Crippen molar-refractivity contribution < 1.29 is 14.1 Å². The lowest BCUT2D eigenvalue weighted by Crippen LogP contribution is -2.49. The van der Waals surface area contributed by atoms with Gasteiger partial charge in [0, 0.05) is 31.6 Å². The van der Waals surface area contributed by atoms with Crippen molar-refractivity contribution in [2.45, 2.75) is 19.0 Å². The zero-order valence-electron chi connectivity index (χ0n) is 13.4. The number of hydrogen-bond donors (Lipinski definition) is 1. The number of nitrogens with zero attached hydrogens (tertiary/aromatic N) is 3. The van der Waals surface area contributed by atoms with Gasteiger partial charge in [-0.2, -0.15) is 4.98 Å². The summed E-state index contributed by atoms with van der Waals surface area (Å²) in [7, 11) is 1.63. The van der Waals surface area contributed by atoms with Crippen molar-refractivity contribution in [3.8, 4) is 0 Å². The van der Waals surface area contributed by atoms with Gasteiger partial charge in [0.2, 0.25) is 11.8 Å². The van der Waals surface area contributed by atoms with Crippen LogP contribution in [-0.4, -0.2) is 47.8 Å². The lowest BCUT2D eigenvalue weighted by atomic mass is 10.0. The minimum absolute atomic E-state index is 0.0755. The van der Waals surface area contributed by atoms with Gasteiger partial charge < -0.3 is 14.6 Å². The number of amides is 1. The molecule has 1 aromatic heterocycles. The van der Waals surface area contributed by atoms with E-state index in [0.29, 0.717) is 49.4 Å². The molecule has 2 heterocycles. The Hall–Kier alpha value is -1.96. The molecule has 0 bridgehead atoms. The van der Waals surface area contributed by atoms with E-state index < -0.39 is 6.04 Å². The summed E-state index contributed by atoms with van der Waals surface area (Å²) in [5.41, 5.74) is 0.774. The summed E-state index contributed by atoms with van der Waals surface area (Å²) in [6.07, 6.45) is 0.592. The molecule has 0 spiro atoms. The van der Waals surface area contributed by atoms with E-state index in [0.717, 1.165) is 5.56 Å². The third kappa shape index (κ3) is 3.75. The molecular formula is C16H19ClN4O3. The molecule has 1 saturated heterocycles. The number of nitrogens with one attached hydrogen (secondary N) is 1. The highest BCUT2D eigenvalue weighted by molar-refractivity contribution is 6.31. The van der Waals surface area contributed by atoms with Crippen LogP contribution in [0.4, 0.5) is 0 Å². The molecule has 128 valence electrons. The minimum atomic E-state index is -0.471. The molecule has 0 aliphatic carbocycles. The largest absolute Gasteiger partial charge is 0.384 e. The molecule has 1 aliphatic rings. The molecule has 1 atom stereocenters. The molecular weight excluding hydrogens is 332 g/mol. The molecule has 8 heteroatoms. The molecule has 0 saturated carbocycles. The normalized spacial score (nSPS) is 18.6. The highest BCUT2D eigenvalue weighted by Crippen LogP contribution is 2.30. The van der Waals surface area contributed by atoms with E-state index in [9.17, 15) is 4.79 Å². The summed E-state index contributed by atoms with van der Waals surface area (Å²) in [5, 5.41) is 7.38. The van der Waals surface area contributed by atoms with Crippen LogP contribution in [-0.2, 0) is 22.5 Å². The zero-order chi connectivity index (χ0) is 16.9. The third-order valence-electron chi connectivity index (χ3n) is 3.89. The molecule has 1 unspecified atom stereocenters. The molecule has 1 amide bonds. The number of aromatic nitrogens is 2. The Morgan fingerprint density at radius 3 is 3.08 bits per heavy atom. The Morgan fingerprint density at radius 2 is 2.29 bits per heavy atom. The SMILES string of the molecule is COCCc1noc(CN2CCNC(=O)C2c2ccccc2Cl)n1. The summed E-state index contributed by atoms with van der Waals surface area (Å²) in [6, 6.07) is 6.89. The van der Waals surface area contributed by atoms with Crippen LogP contribution >= 0.6 is 11.6 Å². The fraction of sp³-hybridized carbons (Fsp3) is 0.438. The number of hydrogen-bond acceptors (Lipinski definition) is 6. The fourth-order valence-electron chi connectivity index (χ4n) is 2.74. The molecule has 1 fully saturated rings. The third-order valence-corrected chi connectivity index (χ3v) is 4.23. The van der Waals surface area contributed by atoms with Crippen LogP contribution in [0.1, 0.15) is 23.3 Å². The van der Waals surface area contributed by atoms with Gasteiger partial charge in [-0.1, -0.05) is 35.0 Å². The van der Waals surface area contributed by atoms with Crippen LogP contribution < -0.4 is 5.32 Å². The second-order valence-electron chi connectivity index (χ2n) is 5.53. The van der Waals surface area contributed by atoms with Gasteiger partial charge in [0.05, 0.1) is 13.2 Å².